The fraction of sp³-hybridized carbons (Fsp3) is 0.611. The van der Waals surface area contributed by atoms with Gasteiger partial charge in [0.15, 0.2) is 0 Å². The summed E-state index contributed by atoms with van der Waals surface area (Å²) in [5.74, 6) is 0. The Kier molecular flexibility index (Phi) is 13.8. The molecule has 7 heteroatoms. The maximum absolute atomic E-state index is 11.1. The molecule has 0 saturated heterocycles. The summed E-state index contributed by atoms with van der Waals surface area (Å²) < 4.78 is 0. The highest BCUT2D eigenvalue weighted by molar-refractivity contribution is 5.48. The first kappa shape index (κ1) is 22.7. The zero-order valence-corrected chi connectivity index (χ0v) is 14.9. The molecule has 0 aromatic rings. The van der Waals surface area contributed by atoms with Gasteiger partial charge in [0.1, 0.15) is 6.29 Å². The van der Waals surface area contributed by atoms with Gasteiger partial charge >= 0.3 is 0 Å². The lowest BCUT2D eigenvalue weighted by Crippen LogP contribution is -2.02. The Bertz CT molecular complexity index is 510. The van der Waals surface area contributed by atoms with Gasteiger partial charge in [0, 0.05) is 12.8 Å². The van der Waals surface area contributed by atoms with Gasteiger partial charge in [0.25, 0.3) is 0 Å². The quantitative estimate of drug-likeness (QED) is 0.136. The molecule has 0 aliphatic rings. The van der Waals surface area contributed by atoms with Crippen molar-refractivity contribution >= 4 is 6.29 Å². The Morgan fingerprint density at radius 3 is 2.12 bits per heavy atom. The Balaban J connectivity index is 4.47. The van der Waals surface area contributed by atoms with Crippen molar-refractivity contribution in [3.8, 4) is 0 Å². The zero-order valence-electron chi connectivity index (χ0n) is 14.9. The highest BCUT2D eigenvalue weighted by Crippen LogP contribution is 2.15. The first-order valence-corrected chi connectivity index (χ1v) is 8.78. The van der Waals surface area contributed by atoms with E-state index < -0.39 is 9.85 Å². The largest absolute Gasteiger partial charge is 0.303 e. The summed E-state index contributed by atoms with van der Waals surface area (Å²) in [4.78, 5) is 31.4. The van der Waals surface area contributed by atoms with Gasteiger partial charge in [-0.05, 0) is 37.8 Å². The highest BCUT2D eigenvalue weighted by atomic mass is 16.6. The molecule has 0 atom stereocenters. The van der Waals surface area contributed by atoms with E-state index in [4.69, 9.17) is 0 Å². The molecule has 0 aromatic heterocycles. The van der Waals surface area contributed by atoms with Crippen molar-refractivity contribution in [3.63, 3.8) is 0 Å². The maximum atomic E-state index is 11.1. The molecule has 0 N–H and O–H groups in total. The van der Waals surface area contributed by atoms with Gasteiger partial charge in [0.2, 0.25) is 11.4 Å². The Morgan fingerprint density at radius 1 is 0.880 bits per heavy atom. The van der Waals surface area contributed by atoms with Crippen molar-refractivity contribution in [2.75, 3.05) is 0 Å². The monoisotopic (exact) mass is 352 g/mol. The second-order valence-corrected chi connectivity index (χ2v) is 5.70. The number of hydrogen-bond acceptors (Lipinski definition) is 5. The molecule has 0 heterocycles. The molecule has 0 fully saturated rings. The van der Waals surface area contributed by atoms with Crippen LogP contribution in [0.2, 0.25) is 0 Å². The van der Waals surface area contributed by atoms with Crippen molar-refractivity contribution in [2.45, 2.75) is 71.1 Å². The fourth-order valence-electron chi connectivity index (χ4n) is 2.25. The van der Waals surface area contributed by atoms with E-state index in [0.717, 1.165) is 38.4 Å². The van der Waals surface area contributed by atoms with Crippen molar-refractivity contribution in [2.24, 2.45) is 0 Å². The van der Waals surface area contributed by atoms with Gasteiger partial charge in [0.05, 0.1) is 16.3 Å². The predicted octanol–water partition coefficient (Wildman–Crippen LogP) is 4.98. The number of carbonyl (C=O) groups is 1. The number of nitrogens with zero attached hydrogens (tertiary/aromatic N) is 2. The average Bonchev–Trinajstić information content (AvgIpc) is 2.57. The van der Waals surface area contributed by atoms with Crippen molar-refractivity contribution < 1.29 is 14.6 Å². The molecule has 7 nitrogen and oxygen atoms in total. The second kappa shape index (κ2) is 15.2. The molecule has 0 aromatic carbocycles. The van der Waals surface area contributed by atoms with Crippen LogP contribution in [0.4, 0.5) is 0 Å². The highest BCUT2D eigenvalue weighted by Gasteiger charge is 2.14. The smallest absolute Gasteiger partial charge is 0.246 e. The molecule has 0 spiro atoms. The maximum Gasteiger partial charge on any atom is 0.246 e. The number of carbonyl (C=O) groups excluding carboxylic acids is 1. The first-order chi connectivity index (χ1) is 12.0. The first-order valence-electron chi connectivity index (χ1n) is 8.78. The zero-order chi connectivity index (χ0) is 18.9. The van der Waals surface area contributed by atoms with Crippen LogP contribution in [0.25, 0.3) is 0 Å². The lowest BCUT2D eigenvalue weighted by molar-refractivity contribution is -0.432. The third kappa shape index (κ3) is 12.7. The summed E-state index contributed by atoms with van der Waals surface area (Å²) in [6.07, 6.45) is 13.9. The minimum Gasteiger partial charge on any atom is -0.303 e. The van der Waals surface area contributed by atoms with E-state index in [1.54, 1.807) is 0 Å². The van der Waals surface area contributed by atoms with E-state index in [9.17, 15) is 25.0 Å². The van der Waals surface area contributed by atoms with E-state index in [0.29, 0.717) is 25.7 Å². The van der Waals surface area contributed by atoms with Gasteiger partial charge in [-0.1, -0.05) is 38.3 Å². The van der Waals surface area contributed by atoms with Crippen molar-refractivity contribution in [1.82, 2.24) is 0 Å². The summed E-state index contributed by atoms with van der Waals surface area (Å²) >= 11 is 0. The van der Waals surface area contributed by atoms with Gasteiger partial charge in [-0.15, -0.1) is 0 Å². The topological polar surface area (TPSA) is 103 Å². The van der Waals surface area contributed by atoms with Crippen LogP contribution in [0, 0.1) is 20.2 Å². The van der Waals surface area contributed by atoms with Crippen molar-refractivity contribution in [3.05, 3.63) is 55.9 Å². The lowest BCUT2D eigenvalue weighted by atomic mass is 10.1. The standard InChI is InChI=1S/C18H28N2O5/c1-2-3-4-9-12-17(19(22)23)14-15-18(20(24)25)13-10-7-5-6-8-11-16-21/h3-4,12,15-16H,2,5-11,13-14H2,1H3/b4-3+,17-12-,18-15-. The molecule has 0 amide bonds. The molecular formula is C18H28N2O5. The number of rotatable bonds is 15. The third-order valence-corrected chi connectivity index (χ3v) is 3.66. The van der Waals surface area contributed by atoms with Gasteiger partial charge in [-0.2, -0.15) is 0 Å². The molecule has 25 heavy (non-hydrogen) atoms. The molecule has 0 rings (SSSR count). The van der Waals surface area contributed by atoms with Crippen LogP contribution < -0.4 is 0 Å². The summed E-state index contributed by atoms with van der Waals surface area (Å²) in [7, 11) is 0. The molecule has 0 bridgehead atoms. The third-order valence-electron chi connectivity index (χ3n) is 3.66. The Morgan fingerprint density at radius 2 is 1.52 bits per heavy atom. The van der Waals surface area contributed by atoms with Crippen LogP contribution in [0.15, 0.2) is 35.7 Å². The van der Waals surface area contributed by atoms with Crippen LogP contribution in [0.1, 0.15) is 71.1 Å². The normalized spacial score (nSPS) is 12.5. The minimum absolute atomic E-state index is 0.0195. The molecular weight excluding hydrogens is 324 g/mol. The van der Waals surface area contributed by atoms with E-state index in [-0.39, 0.29) is 17.8 Å². The number of nitro groups is 2. The van der Waals surface area contributed by atoms with Crippen LogP contribution in [-0.2, 0) is 4.79 Å². The summed E-state index contributed by atoms with van der Waals surface area (Å²) in [6.45, 7) is 1.98. The van der Waals surface area contributed by atoms with E-state index >= 15 is 0 Å². The fourth-order valence-corrected chi connectivity index (χ4v) is 2.25. The Labute approximate surface area is 148 Å². The minimum atomic E-state index is -0.485. The summed E-state index contributed by atoms with van der Waals surface area (Å²) in [5.41, 5.74) is 0.0127. The number of hydrogen-bond donors (Lipinski definition) is 0. The van der Waals surface area contributed by atoms with E-state index in [2.05, 4.69) is 0 Å². The van der Waals surface area contributed by atoms with Gasteiger partial charge in [-0.3, -0.25) is 20.2 Å². The lowest BCUT2D eigenvalue weighted by Gasteiger charge is -2.00. The van der Waals surface area contributed by atoms with Gasteiger partial charge < -0.3 is 4.79 Å². The van der Waals surface area contributed by atoms with Crippen molar-refractivity contribution in [1.29, 1.82) is 0 Å². The summed E-state index contributed by atoms with van der Waals surface area (Å²) in [5, 5.41) is 22.1. The van der Waals surface area contributed by atoms with Crippen LogP contribution in [0.5, 0.6) is 0 Å². The number of allylic oxidation sites excluding steroid dienone is 5. The van der Waals surface area contributed by atoms with Crippen LogP contribution in [-0.4, -0.2) is 16.1 Å². The predicted molar refractivity (Wildman–Crippen MR) is 97.2 cm³/mol. The second-order valence-electron chi connectivity index (χ2n) is 5.70. The molecule has 140 valence electrons. The number of aldehydes is 1. The summed E-state index contributed by atoms with van der Waals surface area (Å²) in [6, 6.07) is 0. The molecule has 0 radical (unpaired) electrons. The van der Waals surface area contributed by atoms with Gasteiger partial charge in [-0.25, -0.2) is 0 Å². The Hall–Kier alpha value is -2.31. The van der Waals surface area contributed by atoms with Crippen LogP contribution >= 0.6 is 0 Å². The molecule has 0 aliphatic heterocycles. The van der Waals surface area contributed by atoms with E-state index in [1.165, 1.54) is 12.2 Å². The molecule has 0 unspecified atom stereocenters. The number of unbranched alkanes of at least 4 members (excludes halogenated alkanes) is 5. The molecule has 0 saturated carbocycles. The molecule has 0 aliphatic carbocycles. The van der Waals surface area contributed by atoms with E-state index in [1.807, 2.05) is 19.1 Å². The average molecular weight is 352 g/mol. The van der Waals surface area contributed by atoms with Crippen LogP contribution in [0.3, 0.4) is 0 Å². The SMILES string of the molecule is CC/C=C/C/C=C(/C/C=C(/CCCCCCCC=O)[N+](=O)[O-])[N+](=O)[O-].